The monoisotopic (exact) mass is 427 g/mol. The van der Waals surface area contributed by atoms with E-state index >= 15 is 0 Å². The summed E-state index contributed by atoms with van der Waals surface area (Å²) < 4.78 is 10.6. The van der Waals surface area contributed by atoms with Gasteiger partial charge in [0.15, 0.2) is 0 Å². The number of methoxy groups -OCH3 is 1. The van der Waals surface area contributed by atoms with Crippen LogP contribution in [0, 0.1) is 0 Å². The van der Waals surface area contributed by atoms with Crippen LogP contribution in [0.15, 0.2) is 101 Å². The highest BCUT2D eigenvalue weighted by Crippen LogP contribution is 2.30. The summed E-state index contributed by atoms with van der Waals surface area (Å²) in [6.07, 6.45) is 8.76. The first-order chi connectivity index (χ1) is 15.6. The Kier molecular flexibility index (Phi) is 8.06. The third kappa shape index (κ3) is 6.00. The first kappa shape index (κ1) is 22.7. The number of anilines is 1. The van der Waals surface area contributed by atoms with Crippen LogP contribution >= 0.6 is 0 Å². The molecule has 0 saturated heterocycles. The second-order valence-electron chi connectivity index (χ2n) is 6.78. The number of nitrogens with one attached hydrogen (secondary N) is 1. The fraction of sp³-hybridized carbons (Fsp3) is 0.115. The number of rotatable bonds is 9. The number of amides is 1. The summed E-state index contributed by atoms with van der Waals surface area (Å²) >= 11 is 0. The maximum atomic E-state index is 11.7. The number of ether oxygens (including phenoxy) is 2. The third-order valence-electron chi connectivity index (χ3n) is 4.56. The summed E-state index contributed by atoms with van der Waals surface area (Å²) in [6, 6.07) is 15.1. The van der Waals surface area contributed by atoms with E-state index in [9.17, 15) is 4.79 Å². The SMILES string of the molecule is C=CC(=O)Nc1cccc(C2=CC=CC(=C/N=C)/C2=N\c2ccc(OCCOC)cc2)c1. The van der Waals surface area contributed by atoms with Gasteiger partial charge < -0.3 is 14.8 Å². The number of carbonyl (C=O) groups is 1. The number of nitrogens with zero attached hydrogens (tertiary/aromatic N) is 2. The largest absolute Gasteiger partial charge is 0.491 e. The summed E-state index contributed by atoms with van der Waals surface area (Å²) in [4.78, 5) is 20.5. The van der Waals surface area contributed by atoms with Gasteiger partial charge in [-0.2, -0.15) is 0 Å². The zero-order chi connectivity index (χ0) is 22.8. The smallest absolute Gasteiger partial charge is 0.247 e. The van der Waals surface area contributed by atoms with Crippen LogP contribution in [0.5, 0.6) is 5.75 Å². The average Bonchev–Trinajstić information content (AvgIpc) is 2.81. The first-order valence-corrected chi connectivity index (χ1v) is 10.0. The Labute approximate surface area is 188 Å². The van der Waals surface area contributed by atoms with Gasteiger partial charge in [0.25, 0.3) is 0 Å². The Bertz CT molecular complexity index is 1110. The van der Waals surface area contributed by atoms with Gasteiger partial charge in [-0.1, -0.05) is 36.9 Å². The zero-order valence-corrected chi connectivity index (χ0v) is 18.0. The average molecular weight is 428 g/mol. The van der Waals surface area contributed by atoms with E-state index in [1.807, 2.05) is 66.8 Å². The van der Waals surface area contributed by atoms with Crippen molar-refractivity contribution >= 4 is 35.3 Å². The Morgan fingerprint density at radius 1 is 1.16 bits per heavy atom. The lowest BCUT2D eigenvalue weighted by Crippen LogP contribution is -2.10. The maximum absolute atomic E-state index is 11.7. The molecule has 3 rings (SSSR count). The molecule has 162 valence electrons. The standard InChI is InChI=1S/C26H25N3O3/c1-4-25(30)28-22-9-5-7-19(17-22)24-10-6-8-20(18-27-2)26(24)29-21-11-13-23(14-12-21)32-16-15-31-3/h4-14,17-18H,1-2,15-16H2,3H3,(H,28,30)/b20-18-,29-26+. The maximum Gasteiger partial charge on any atom is 0.247 e. The van der Waals surface area contributed by atoms with Crippen LogP contribution in [0.25, 0.3) is 5.57 Å². The highest BCUT2D eigenvalue weighted by Gasteiger charge is 2.17. The molecular weight excluding hydrogens is 402 g/mol. The lowest BCUT2D eigenvalue weighted by molar-refractivity contribution is -0.111. The number of carbonyl (C=O) groups excluding carboxylic acids is 1. The highest BCUT2D eigenvalue weighted by molar-refractivity contribution is 6.34. The Morgan fingerprint density at radius 3 is 2.69 bits per heavy atom. The molecule has 0 aliphatic heterocycles. The lowest BCUT2D eigenvalue weighted by atomic mass is 9.91. The molecule has 0 atom stereocenters. The van der Waals surface area contributed by atoms with Crippen LogP contribution in [-0.2, 0) is 9.53 Å². The van der Waals surface area contributed by atoms with Gasteiger partial charge in [0.1, 0.15) is 12.4 Å². The molecule has 0 bridgehead atoms. The van der Waals surface area contributed by atoms with Crippen LogP contribution in [0.3, 0.4) is 0 Å². The molecule has 1 aliphatic rings. The minimum absolute atomic E-state index is 0.266. The van der Waals surface area contributed by atoms with Crippen molar-refractivity contribution in [2.45, 2.75) is 0 Å². The predicted molar refractivity (Wildman–Crippen MR) is 131 cm³/mol. The molecule has 0 saturated carbocycles. The molecule has 6 heteroatoms. The van der Waals surface area contributed by atoms with Crippen molar-refractivity contribution in [2.24, 2.45) is 9.98 Å². The molecule has 1 amide bonds. The fourth-order valence-electron chi connectivity index (χ4n) is 3.07. The molecule has 1 N–H and O–H groups in total. The molecule has 0 radical (unpaired) electrons. The van der Waals surface area contributed by atoms with Crippen LogP contribution in [0.1, 0.15) is 5.56 Å². The third-order valence-corrected chi connectivity index (χ3v) is 4.56. The summed E-state index contributed by atoms with van der Waals surface area (Å²) in [7, 11) is 1.64. The Morgan fingerprint density at radius 2 is 1.97 bits per heavy atom. The number of hydrogen-bond donors (Lipinski definition) is 1. The number of benzene rings is 2. The summed E-state index contributed by atoms with van der Waals surface area (Å²) in [5.41, 5.74) is 4.83. The molecule has 2 aromatic rings. The van der Waals surface area contributed by atoms with E-state index in [0.717, 1.165) is 33.9 Å². The molecule has 0 fully saturated rings. The second-order valence-corrected chi connectivity index (χ2v) is 6.78. The van der Waals surface area contributed by atoms with Crippen molar-refractivity contribution in [1.29, 1.82) is 0 Å². The van der Waals surface area contributed by atoms with Crippen molar-refractivity contribution in [1.82, 2.24) is 0 Å². The molecule has 0 unspecified atom stereocenters. The zero-order valence-electron chi connectivity index (χ0n) is 18.0. The van der Waals surface area contributed by atoms with E-state index in [4.69, 9.17) is 14.5 Å². The van der Waals surface area contributed by atoms with Crippen molar-refractivity contribution < 1.29 is 14.3 Å². The van der Waals surface area contributed by atoms with Crippen LogP contribution in [0.4, 0.5) is 11.4 Å². The van der Waals surface area contributed by atoms with Gasteiger partial charge in [-0.15, -0.1) is 0 Å². The molecule has 2 aromatic carbocycles. The minimum Gasteiger partial charge on any atom is -0.491 e. The quantitative estimate of drug-likeness (QED) is 0.342. The summed E-state index contributed by atoms with van der Waals surface area (Å²) in [5.74, 6) is 0.484. The van der Waals surface area contributed by atoms with Crippen molar-refractivity contribution in [3.8, 4) is 5.75 Å². The molecule has 0 spiro atoms. The van der Waals surface area contributed by atoms with Crippen LogP contribution in [0.2, 0.25) is 0 Å². The van der Waals surface area contributed by atoms with Gasteiger partial charge in [-0.05, 0) is 54.8 Å². The fourth-order valence-corrected chi connectivity index (χ4v) is 3.07. The molecule has 0 aromatic heterocycles. The van der Waals surface area contributed by atoms with Crippen LogP contribution in [-0.4, -0.2) is 38.7 Å². The van der Waals surface area contributed by atoms with Crippen molar-refractivity contribution in [3.63, 3.8) is 0 Å². The number of hydrogen-bond acceptors (Lipinski definition) is 5. The van der Waals surface area contributed by atoms with Gasteiger partial charge in [-0.25, -0.2) is 4.99 Å². The summed E-state index contributed by atoms with van der Waals surface area (Å²) in [5, 5.41) is 2.79. The molecule has 0 heterocycles. The molecule has 1 aliphatic carbocycles. The minimum atomic E-state index is -0.266. The van der Waals surface area contributed by atoms with E-state index < -0.39 is 0 Å². The van der Waals surface area contributed by atoms with E-state index in [1.165, 1.54) is 6.08 Å². The molecule has 6 nitrogen and oxygen atoms in total. The molecular formula is C26H25N3O3. The number of allylic oxidation sites excluding steroid dienone is 5. The van der Waals surface area contributed by atoms with Gasteiger partial charge >= 0.3 is 0 Å². The first-order valence-electron chi connectivity index (χ1n) is 10.0. The van der Waals surface area contributed by atoms with E-state index in [1.54, 1.807) is 13.3 Å². The van der Waals surface area contributed by atoms with Crippen LogP contribution < -0.4 is 10.1 Å². The van der Waals surface area contributed by atoms with E-state index in [0.29, 0.717) is 18.9 Å². The van der Waals surface area contributed by atoms with E-state index in [2.05, 4.69) is 23.6 Å². The normalized spacial score (nSPS) is 15.3. The van der Waals surface area contributed by atoms with Crippen molar-refractivity contribution in [3.05, 3.63) is 96.8 Å². The molecule has 32 heavy (non-hydrogen) atoms. The Hall–Kier alpha value is -4.03. The van der Waals surface area contributed by atoms with Gasteiger partial charge in [-0.3, -0.25) is 9.79 Å². The number of aliphatic imine (C=N–C) groups is 2. The van der Waals surface area contributed by atoms with Crippen molar-refractivity contribution in [2.75, 3.05) is 25.6 Å². The van der Waals surface area contributed by atoms with Gasteiger partial charge in [0.2, 0.25) is 5.91 Å². The van der Waals surface area contributed by atoms with Gasteiger partial charge in [0.05, 0.1) is 18.0 Å². The van der Waals surface area contributed by atoms with Gasteiger partial charge in [0, 0.05) is 30.1 Å². The predicted octanol–water partition coefficient (Wildman–Crippen LogP) is 5.15. The lowest BCUT2D eigenvalue weighted by Gasteiger charge is -2.16. The topological polar surface area (TPSA) is 72.3 Å². The summed E-state index contributed by atoms with van der Waals surface area (Å²) in [6.45, 7) is 8.09. The Balaban J connectivity index is 1.94. The highest BCUT2D eigenvalue weighted by atomic mass is 16.5. The second kappa shape index (κ2) is 11.4. The van der Waals surface area contributed by atoms with E-state index in [-0.39, 0.29) is 5.91 Å².